The number of carbonyl (C=O) groups is 1. The molecule has 166 valence electrons. The zero-order valence-corrected chi connectivity index (χ0v) is 20.1. The number of ether oxygens (including phenoxy) is 1. The lowest BCUT2D eigenvalue weighted by Gasteiger charge is -2.30. The molecule has 3 aromatic rings. The summed E-state index contributed by atoms with van der Waals surface area (Å²) in [5.41, 5.74) is 2.32. The highest BCUT2D eigenvalue weighted by Crippen LogP contribution is 2.34. The van der Waals surface area contributed by atoms with Gasteiger partial charge in [0.1, 0.15) is 5.75 Å². The van der Waals surface area contributed by atoms with Crippen LogP contribution < -0.4 is 14.4 Å². The van der Waals surface area contributed by atoms with Gasteiger partial charge >= 0.3 is 0 Å². The molecule has 0 radical (unpaired) electrons. The summed E-state index contributed by atoms with van der Waals surface area (Å²) < 4.78 is 34.2. The molecule has 1 aliphatic rings. The average molecular weight is 536 g/mol. The first-order chi connectivity index (χ1) is 15.4. The number of rotatable bonds is 6. The van der Waals surface area contributed by atoms with E-state index < -0.39 is 10.0 Å². The molecule has 6 nitrogen and oxygen atoms in total. The number of para-hydroxylation sites is 2. The second-order valence-corrected chi connectivity index (χ2v) is 10.3. The normalized spacial score (nSPS) is 13.4. The Morgan fingerprint density at radius 1 is 1.09 bits per heavy atom. The molecule has 0 fully saturated rings. The molecular weight excluding hydrogens is 516 g/mol. The van der Waals surface area contributed by atoms with Crippen LogP contribution in [0.5, 0.6) is 5.75 Å². The van der Waals surface area contributed by atoms with Crippen molar-refractivity contribution in [1.82, 2.24) is 0 Å². The van der Waals surface area contributed by atoms with E-state index >= 15 is 0 Å². The van der Waals surface area contributed by atoms with Crippen LogP contribution in [0.25, 0.3) is 0 Å². The molecule has 0 bridgehead atoms. The Labute approximate surface area is 200 Å². The second-order valence-electron chi connectivity index (χ2n) is 7.22. The summed E-state index contributed by atoms with van der Waals surface area (Å²) >= 11 is 9.66. The zero-order chi connectivity index (χ0) is 22.7. The molecule has 32 heavy (non-hydrogen) atoms. The minimum atomic E-state index is -3.78. The van der Waals surface area contributed by atoms with Crippen molar-refractivity contribution in [3.8, 4) is 5.75 Å². The topological polar surface area (TPSA) is 75.7 Å². The molecule has 0 saturated heterocycles. The van der Waals surface area contributed by atoms with Gasteiger partial charge in [-0.3, -0.25) is 9.10 Å². The first-order valence-corrected chi connectivity index (χ1v) is 12.5. The van der Waals surface area contributed by atoms with Crippen molar-refractivity contribution in [2.24, 2.45) is 0 Å². The molecule has 0 aromatic heterocycles. The number of amides is 1. The number of sulfonamides is 1. The van der Waals surface area contributed by atoms with Gasteiger partial charge < -0.3 is 10.1 Å². The van der Waals surface area contributed by atoms with Gasteiger partial charge in [-0.2, -0.15) is 0 Å². The van der Waals surface area contributed by atoms with Crippen LogP contribution in [0, 0.1) is 0 Å². The van der Waals surface area contributed by atoms with Gasteiger partial charge in [0.2, 0.25) is 0 Å². The summed E-state index contributed by atoms with van der Waals surface area (Å²) in [4.78, 5) is 12.3. The number of aryl methyl sites for hydroxylation is 1. The molecule has 1 aliphatic heterocycles. The molecule has 0 atom stereocenters. The molecule has 1 N–H and O–H groups in total. The first kappa shape index (κ1) is 22.6. The molecule has 1 heterocycles. The molecule has 4 rings (SSSR count). The predicted molar refractivity (Wildman–Crippen MR) is 129 cm³/mol. The van der Waals surface area contributed by atoms with Crippen LogP contribution in [-0.2, 0) is 21.2 Å². The van der Waals surface area contributed by atoms with Gasteiger partial charge in [-0.05, 0) is 70.7 Å². The van der Waals surface area contributed by atoms with Gasteiger partial charge in [0.15, 0.2) is 6.61 Å². The van der Waals surface area contributed by atoms with E-state index in [1.54, 1.807) is 12.1 Å². The largest absolute Gasteiger partial charge is 0.482 e. The summed E-state index contributed by atoms with van der Waals surface area (Å²) in [7, 11) is -3.78. The van der Waals surface area contributed by atoms with Crippen molar-refractivity contribution in [2.75, 3.05) is 22.8 Å². The second kappa shape index (κ2) is 9.52. The third-order valence-electron chi connectivity index (χ3n) is 5.07. The van der Waals surface area contributed by atoms with Crippen LogP contribution in [-0.4, -0.2) is 27.5 Å². The lowest BCUT2D eigenvalue weighted by molar-refractivity contribution is -0.118. The standard InChI is InChI=1S/C23H20BrClN2O4S/c24-18-8-2-3-9-20(18)26-23(28)15-31-22-12-11-17(14-19(22)25)32(29,30)27-13-5-7-16-6-1-4-10-21(16)27/h1-4,6,8-12,14H,5,7,13,15H2,(H,26,28). The molecule has 3 aromatic carbocycles. The minimum absolute atomic E-state index is 0.0734. The molecule has 0 saturated carbocycles. The van der Waals surface area contributed by atoms with Crippen LogP contribution in [0.2, 0.25) is 5.02 Å². The van der Waals surface area contributed by atoms with E-state index in [9.17, 15) is 13.2 Å². The Hall–Kier alpha value is -2.55. The summed E-state index contributed by atoms with van der Waals surface area (Å²) in [6.45, 7) is 0.136. The van der Waals surface area contributed by atoms with Crippen molar-refractivity contribution in [3.63, 3.8) is 0 Å². The van der Waals surface area contributed by atoms with Crippen LogP contribution in [0.1, 0.15) is 12.0 Å². The third-order valence-corrected chi connectivity index (χ3v) is 7.86. The molecule has 9 heteroatoms. The summed E-state index contributed by atoms with van der Waals surface area (Å²) in [6, 6.07) is 19.0. The maximum atomic E-state index is 13.3. The van der Waals surface area contributed by atoms with Gasteiger partial charge in [-0.25, -0.2) is 8.42 Å². The highest BCUT2D eigenvalue weighted by Gasteiger charge is 2.29. The van der Waals surface area contributed by atoms with Crippen molar-refractivity contribution in [1.29, 1.82) is 0 Å². The van der Waals surface area contributed by atoms with E-state index in [4.69, 9.17) is 16.3 Å². The highest BCUT2D eigenvalue weighted by molar-refractivity contribution is 9.10. The number of benzene rings is 3. The summed E-state index contributed by atoms with van der Waals surface area (Å²) in [5.74, 6) is -0.137. The Morgan fingerprint density at radius 3 is 2.62 bits per heavy atom. The fourth-order valence-electron chi connectivity index (χ4n) is 3.53. The predicted octanol–water partition coefficient (Wildman–Crippen LogP) is 5.26. The zero-order valence-electron chi connectivity index (χ0n) is 16.9. The van der Waals surface area contributed by atoms with Crippen LogP contribution in [0.4, 0.5) is 11.4 Å². The smallest absolute Gasteiger partial charge is 0.264 e. The van der Waals surface area contributed by atoms with Crippen LogP contribution in [0.3, 0.4) is 0 Å². The van der Waals surface area contributed by atoms with E-state index in [-0.39, 0.29) is 28.2 Å². The maximum absolute atomic E-state index is 13.3. The van der Waals surface area contributed by atoms with Crippen molar-refractivity contribution in [2.45, 2.75) is 17.7 Å². The highest BCUT2D eigenvalue weighted by atomic mass is 79.9. The molecule has 0 aliphatic carbocycles. The fraction of sp³-hybridized carbons (Fsp3) is 0.174. The van der Waals surface area contributed by atoms with E-state index in [0.717, 1.165) is 22.9 Å². The Balaban J connectivity index is 1.48. The lowest BCUT2D eigenvalue weighted by atomic mass is 10.0. The first-order valence-electron chi connectivity index (χ1n) is 9.93. The Morgan fingerprint density at radius 2 is 1.84 bits per heavy atom. The number of nitrogens with one attached hydrogen (secondary N) is 1. The number of nitrogens with zero attached hydrogens (tertiary/aromatic N) is 1. The van der Waals surface area contributed by atoms with Crippen LogP contribution >= 0.6 is 27.5 Å². The SMILES string of the molecule is O=C(COc1ccc(S(=O)(=O)N2CCCc3ccccc32)cc1Cl)Nc1ccccc1Br. The molecule has 0 spiro atoms. The van der Waals surface area contributed by atoms with Gasteiger partial charge in [0.25, 0.3) is 15.9 Å². The molecule has 1 amide bonds. The van der Waals surface area contributed by atoms with Gasteiger partial charge in [0, 0.05) is 11.0 Å². The van der Waals surface area contributed by atoms with Gasteiger partial charge in [-0.15, -0.1) is 0 Å². The fourth-order valence-corrected chi connectivity index (χ4v) is 5.78. The average Bonchev–Trinajstić information content (AvgIpc) is 2.79. The van der Waals surface area contributed by atoms with E-state index in [0.29, 0.717) is 17.9 Å². The maximum Gasteiger partial charge on any atom is 0.264 e. The number of halogens is 2. The monoisotopic (exact) mass is 534 g/mol. The van der Waals surface area contributed by atoms with Gasteiger partial charge in [0.05, 0.1) is 21.3 Å². The Kier molecular flexibility index (Phi) is 6.74. The van der Waals surface area contributed by atoms with Gasteiger partial charge in [-0.1, -0.05) is 41.9 Å². The summed E-state index contributed by atoms with van der Waals surface area (Å²) in [5, 5.41) is 2.85. The molecular formula is C23H20BrClN2O4S. The van der Waals surface area contributed by atoms with Crippen LogP contribution in [0.15, 0.2) is 76.1 Å². The number of hydrogen-bond acceptors (Lipinski definition) is 4. The lowest BCUT2D eigenvalue weighted by Crippen LogP contribution is -2.35. The quantitative estimate of drug-likeness (QED) is 0.467. The molecule has 0 unspecified atom stereocenters. The van der Waals surface area contributed by atoms with E-state index in [2.05, 4.69) is 21.2 Å². The Bertz CT molecular complexity index is 1270. The van der Waals surface area contributed by atoms with Crippen molar-refractivity contribution in [3.05, 3.63) is 81.8 Å². The summed E-state index contributed by atoms with van der Waals surface area (Å²) in [6.07, 6.45) is 1.59. The minimum Gasteiger partial charge on any atom is -0.482 e. The van der Waals surface area contributed by atoms with Crippen molar-refractivity contribution < 1.29 is 17.9 Å². The number of carbonyl (C=O) groups excluding carboxylic acids is 1. The van der Waals surface area contributed by atoms with E-state index in [1.807, 2.05) is 36.4 Å². The number of fused-ring (bicyclic) bond motifs is 1. The number of anilines is 2. The number of hydrogen-bond donors (Lipinski definition) is 1. The van der Waals surface area contributed by atoms with Crippen molar-refractivity contribution >= 4 is 54.8 Å². The van der Waals surface area contributed by atoms with E-state index in [1.165, 1.54) is 22.5 Å². The third kappa shape index (κ3) is 4.77.